The molecule has 1 aromatic carbocycles. The third-order valence-electron chi connectivity index (χ3n) is 5.36. The van der Waals surface area contributed by atoms with E-state index in [9.17, 15) is 0 Å². The van der Waals surface area contributed by atoms with E-state index in [1.807, 2.05) is 0 Å². The maximum atomic E-state index is 3.88. The Labute approximate surface area is 129 Å². The second-order valence-electron chi connectivity index (χ2n) is 6.83. The standard InChI is InChI=1S/C19H30N2/c1-2-13-21-15-18(16-9-5-3-6-10-16)20-14-19(21)17-11-7-4-8-12-17/h4,7-8,11-12,16,18-20H,2-3,5-6,9-10,13-15H2,1H3. The Bertz CT molecular complexity index is 411. The van der Waals surface area contributed by atoms with Gasteiger partial charge in [-0.3, -0.25) is 4.90 Å². The number of rotatable bonds is 4. The minimum absolute atomic E-state index is 0.561. The zero-order valence-corrected chi connectivity index (χ0v) is 13.4. The van der Waals surface area contributed by atoms with E-state index in [0.717, 1.165) is 18.5 Å². The Hall–Kier alpha value is -0.860. The molecule has 0 spiro atoms. The monoisotopic (exact) mass is 286 g/mol. The summed E-state index contributed by atoms with van der Waals surface area (Å²) in [6.07, 6.45) is 8.47. The van der Waals surface area contributed by atoms with Gasteiger partial charge in [0.2, 0.25) is 0 Å². The van der Waals surface area contributed by atoms with Crippen LogP contribution in [0, 0.1) is 5.92 Å². The molecule has 116 valence electrons. The molecule has 1 aliphatic carbocycles. The van der Waals surface area contributed by atoms with Gasteiger partial charge in [-0.15, -0.1) is 0 Å². The molecule has 1 saturated carbocycles. The van der Waals surface area contributed by atoms with Crippen LogP contribution in [0.15, 0.2) is 30.3 Å². The summed E-state index contributed by atoms with van der Waals surface area (Å²) in [7, 11) is 0. The quantitative estimate of drug-likeness (QED) is 0.900. The molecule has 0 aromatic heterocycles. The summed E-state index contributed by atoms with van der Waals surface area (Å²) in [4.78, 5) is 2.73. The van der Waals surface area contributed by atoms with Crippen LogP contribution in [0.3, 0.4) is 0 Å². The van der Waals surface area contributed by atoms with Crippen molar-refractivity contribution in [3.8, 4) is 0 Å². The molecular weight excluding hydrogens is 256 g/mol. The molecule has 0 radical (unpaired) electrons. The van der Waals surface area contributed by atoms with Gasteiger partial charge in [0.25, 0.3) is 0 Å². The van der Waals surface area contributed by atoms with Gasteiger partial charge in [-0.25, -0.2) is 0 Å². The summed E-state index contributed by atoms with van der Waals surface area (Å²) in [6.45, 7) is 5.88. The number of hydrogen-bond acceptors (Lipinski definition) is 2. The van der Waals surface area contributed by atoms with Crippen molar-refractivity contribution in [1.29, 1.82) is 0 Å². The lowest BCUT2D eigenvalue weighted by atomic mass is 9.82. The molecule has 1 heterocycles. The first-order chi connectivity index (χ1) is 10.4. The van der Waals surface area contributed by atoms with E-state index in [1.54, 1.807) is 0 Å². The van der Waals surface area contributed by atoms with Crippen LogP contribution in [0.4, 0.5) is 0 Å². The molecule has 2 aliphatic rings. The van der Waals surface area contributed by atoms with Gasteiger partial charge in [0.15, 0.2) is 0 Å². The van der Waals surface area contributed by atoms with Crippen LogP contribution in [-0.2, 0) is 0 Å². The van der Waals surface area contributed by atoms with Gasteiger partial charge in [-0.1, -0.05) is 56.5 Å². The normalized spacial score (nSPS) is 28.6. The van der Waals surface area contributed by atoms with E-state index < -0.39 is 0 Å². The van der Waals surface area contributed by atoms with Crippen LogP contribution in [0.25, 0.3) is 0 Å². The van der Waals surface area contributed by atoms with Crippen molar-refractivity contribution in [3.05, 3.63) is 35.9 Å². The Balaban J connectivity index is 1.68. The lowest BCUT2D eigenvalue weighted by molar-refractivity contribution is 0.0958. The van der Waals surface area contributed by atoms with Crippen molar-refractivity contribution in [1.82, 2.24) is 10.2 Å². The van der Waals surface area contributed by atoms with Gasteiger partial charge in [0.05, 0.1) is 0 Å². The zero-order valence-electron chi connectivity index (χ0n) is 13.4. The topological polar surface area (TPSA) is 15.3 Å². The molecule has 1 aliphatic heterocycles. The van der Waals surface area contributed by atoms with Crippen LogP contribution in [0.5, 0.6) is 0 Å². The molecule has 1 N–H and O–H groups in total. The smallest absolute Gasteiger partial charge is 0.0473 e. The molecule has 1 aromatic rings. The van der Waals surface area contributed by atoms with Crippen molar-refractivity contribution in [2.24, 2.45) is 5.92 Å². The SMILES string of the molecule is CCCN1CC(C2CCCCC2)NCC1c1ccccc1. The molecule has 2 atom stereocenters. The van der Waals surface area contributed by atoms with Gasteiger partial charge >= 0.3 is 0 Å². The van der Waals surface area contributed by atoms with Gasteiger partial charge in [-0.2, -0.15) is 0 Å². The number of nitrogens with one attached hydrogen (secondary N) is 1. The van der Waals surface area contributed by atoms with Gasteiger partial charge in [0, 0.05) is 25.2 Å². The van der Waals surface area contributed by atoms with Crippen LogP contribution < -0.4 is 5.32 Å². The molecule has 0 bridgehead atoms. The fourth-order valence-corrected chi connectivity index (χ4v) is 4.23. The molecular formula is C19H30N2. The van der Waals surface area contributed by atoms with Crippen LogP contribution in [-0.4, -0.2) is 30.6 Å². The predicted molar refractivity (Wildman–Crippen MR) is 89.4 cm³/mol. The zero-order chi connectivity index (χ0) is 14.5. The van der Waals surface area contributed by atoms with E-state index in [0.29, 0.717) is 6.04 Å². The largest absolute Gasteiger partial charge is 0.311 e. The van der Waals surface area contributed by atoms with Crippen molar-refractivity contribution < 1.29 is 0 Å². The summed E-state index contributed by atoms with van der Waals surface area (Å²) in [5.74, 6) is 0.912. The van der Waals surface area contributed by atoms with Crippen molar-refractivity contribution >= 4 is 0 Å². The Morgan fingerprint density at radius 1 is 1.10 bits per heavy atom. The van der Waals surface area contributed by atoms with Gasteiger partial charge < -0.3 is 5.32 Å². The summed E-state index contributed by atoms with van der Waals surface area (Å²) in [5.41, 5.74) is 1.47. The molecule has 2 fully saturated rings. The number of benzene rings is 1. The van der Waals surface area contributed by atoms with E-state index in [1.165, 1.54) is 57.2 Å². The lowest BCUT2D eigenvalue weighted by Gasteiger charge is -2.44. The summed E-state index contributed by atoms with van der Waals surface area (Å²) < 4.78 is 0. The predicted octanol–water partition coefficient (Wildman–Crippen LogP) is 3.99. The highest BCUT2D eigenvalue weighted by Gasteiger charge is 2.32. The molecule has 0 amide bonds. The third kappa shape index (κ3) is 3.67. The highest BCUT2D eigenvalue weighted by atomic mass is 15.2. The Kier molecular flexibility index (Phi) is 5.32. The average molecular weight is 286 g/mol. The first-order valence-electron chi connectivity index (χ1n) is 8.91. The van der Waals surface area contributed by atoms with Crippen LogP contribution in [0.2, 0.25) is 0 Å². The highest BCUT2D eigenvalue weighted by Crippen LogP contribution is 2.31. The second-order valence-corrected chi connectivity index (χ2v) is 6.83. The summed E-state index contributed by atoms with van der Waals surface area (Å²) in [6, 6.07) is 12.3. The minimum Gasteiger partial charge on any atom is -0.311 e. The fourth-order valence-electron chi connectivity index (χ4n) is 4.23. The number of nitrogens with zero attached hydrogens (tertiary/aromatic N) is 1. The second kappa shape index (κ2) is 7.42. The molecule has 2 nitrogen and oxygen atoms in total. The number of hydrogen-bond donors (Lipinski definition) is 1. The van der Waals surface area contributed by atoms with E-state index >= 15 is 0 Å². The third-order valence-corrected chi connectivity index (χ3v) is 5.36. The summed E-state index contributed by atoms with van der Waals surface area (Å²) >= 11 is 0. The van der Waals surface area contributed by atoms with E-state index in [4.69, 9.17) is 0 Å². The lowest BCUT2D eigenvalue weighted by Crippen LogP contribution is -2.55. The molecule has 2 unspecified atom stereocenters. The van der Waals surface area contributed by atoms with Crippen molar-refractivity contribution in [2.45, 2.75) is 57.5 Å². The molecule has 2 heteroatoms. The maximum absolute atomic E-state index is 3.88. The number of piperazine rings is 1. The van der Waals surface area contributed by atoms with Crippen molar-refractivity contribution in [2.75, 3.05) is 19.6 Å². The first kappa shape index (κ1) is 15.1. The molecule has 3 rings (SSSR count). The maximum Gasteiger partial charge on any atom is 0.0473 e. The summed E-state index contributed by atoms with van der Waals surface area (Å²) in [5, 5.41) is 3.88. The van der Waals surface area contributed by atoms with Crippen molar-refractivity contribution in [3.63, 3.8) is 0 Å². The minimum atomic E-state index is 0.561. The van der Waals surface area contributed by atoms with Crippen LogP contribution >= 0.6 is 0 Å². The Morgan fingerprint density at radius 2 is 1.86 bits per heavy atom. The Morgan fingerprint density at radius 3 is 2.57 bits per heavy atom. The van der Waals surface area contributed by atoms with Crippen LogP contribution in [0.1, 0.15) is 57.1 Å². The highest BCUT2D eigenvalue weighted by molar-refractivity contribution is 5.20. The average Bonchev–Trinajstić information content (AvgIpc) is 2.57. The molecule has 1 saturated heterocycles. The van der Waals surface area contributed by atoms with Gasteiger partial charge in [-0.05, 0) is 37.3 Å². The molecule has 21 heavy (non-hydrogen) atoms. The fraction of sp³-hybridized carbons (Fsp3) is 0.684. The first-order valence-corrected chi connectivity index (χ1v) is 8.91. The van der Waals surface area contributed by atoms with E-state index in [2.05, 4.69) is 47.5 Å². The van der Waals surface area contributed by atoms with Gasteiger partial charge in [0.1, 0.15) is 0 Å². The van der Waals surface area contributed by atoms with E-state index in [-0.39, 0.29) is 0 Å².